The number of hydrogen-bond acceptors (Lipinski definition) is 0. The number of fused-ring (bicyclic) bond motifs is 10. The number of aryl methyl sites for hydroxylation is 2. The van der Waals surface area contributed by atoms with Crippen molar-refractivity contribution in [1.29, 1.82) is 0 Å². The lowest BCUT2D eigenvalue weighted by atomic mass is 9.70. The number of benzene rings is 7. The minimum Gasteiger partial charge on any atom is -0.0651 e. The summed E-state index contributed by atoms with van der Waals surface area (Å²) in [7, 11) is 0. The first-order chi connectivity index (χ1) is 20.2. The highest BCUT2D eigenvalue weighted by atomic mass is 14.5. The first kappa shape index (κ1) is 23.1. The summed E-state index contributed by atoms with van der Waals surface area (Å²) in [5, 5.41) is 8.35. The smallest absolute Gasteiger partial charge is 0.0651 e. The predicted molar refractivity (Wildman–Crippen MR) is 174 cm³/mol. The zero-order valence-corrected chi connectivity index (χ0v) is 23.5. The van der Waals surface area contributed by atoms with Crippen molar-refractivity contribution in [1.82, 2.24) is 0 Å². The molecule has 0 atom stereocenters. The van der Waals surface area contributed by atoms with Gasteiger partial charge in [0.25, 0.3) is 0 Å². The Labute approximate surface area is 240 Å². The molecule has 0 unspecified atom stereocenters. The first-order valence-corrected chi connectivity index (χ1v) is 14.9. The molecule has 7 aromatic rings. The van der Waals surface area contributed by atoms with Crippen LogP contribution in [0.1, 0.15) is 46.7 Å². The highest BCUT2D eigenvalue weighted by Crippen LogP contribution is 2.63. The Bertz CT molecular complexity index is 2180. The molecule has 0 aliphatic heterocycles. The van der Waals surface area contributed by atoms with E-state index in [0.717, 1.165) is 12.8 Å². The van der Waals surface area contributed by atoms with Crippen LogP contribution in [0.3, 0.4) is 0 Å². The Morgan fingerprint density at radius 2 is 1.00 bits per heavy atom. The zero-order valence-electron chi connectivity index (χ0n) is 23.5. The van der Waals surface area contributed by atoms with E-state index in [0.29, 0.717) is 0 Å². The molecule has 2 aliphatic carbocycles. The molecule has 7 aromatic carbocycles. The molecule has 0 aromatic heterocycles. The molecule has 0 saturated carbocycles. The Balaban J connectivity index is 1.52. The monoisotopic (exact) mass is 522 g/mol. The van der Waals surface area contributed by atoms with Crippen LogP contribution in [0.4, 0.5) is 0 Å². The van der Waals surface area contributed by atoms with Crippen molar-refractivity contribution >= 4 is 32.3 Å². The fraction of sp³-hybridized carbons (Fsp3) is 0.122. The van der Waals surface area contributed by atoms with Gasteiger partial charge in [-0.15, -0.1) is 0 Å². The molecular formula is C41H30. The molecule has 0 bridgehead atoms. The molecule has 0 radical (unpaired) electrons. The van der Waals surface area contributed by atoms with Gasteiger partial charge in [-0.2, -0.15) is 0 Å². The van der Waals surface area contributed by atoms with Gasteiger partial charge in [0.05, 0.1) is 5.41 Å². The third kappa shape index (κ3) is 2.71. The average Bonchev–Trinajstić information content (AvgIpc) is 3.49. The van der Waals surface area contributed by atoms with Gasteiger partial charge in [-0.3, -0.25) is 0 Å². The highest BCUT2D eigenvalue weighted by Gasteiger charge is 2.50. The van der Waals surface area contributed by atoms with Crippen molar-refractivity contribution in [3.8, 4) is 22.3 Å². The van der Waals surface area contributed by atoms with E-state index in [4.69, 9.17) is 0 Å². The minimum atomic E-state index is -0.304. The summed E-state index contributed by atoms with van der Waals surface area (Å²) in [6.07, 6.45) is 2.23. The molecule has 0 amide bonds. The summed E-state index contributed by atoms with van der Waals surface area (Å²) in [6, 6.07) is 46.1. The van der Waals surface area contributed by atoms with E-state index in [2.05, 4.69) is 135 Å². The maximum atomic E-state index is 2.41. The van der Waals surface area contributed by atoms with Crippen LogP contribution in [0, 0.1) is 6.92 Å². The van der Waals surface area contributed by atoms with E-state index in [1.54, 1.807) is 0 Å². The van der Waals surface area contributed by atoms with Crippen LogP contribution >= 0.6 is 0 Å². The second-order valence-electron chi connectivity index (χ2n) is 11.9. The Morgan fingerprint density at radius 1 is 0.463 bits per heavy atom. The number of rotatable bonds is 3. The molecule has 0 saturated heterocycles. The van der Waals surface area contributed by atoms with Crippen molar-refractivity contribution < 1.29 is 0 Å². The van der Waals surface area contributed by atoms with Crippen molar-refractivity contribution in [2.45, 2.75) is 32.1 Å². The maximum Gasteiger partial charge on any atom is 0.0725 e. The van der Waals surface area contributed by atoms with Gasteiger partial charge in [-0.25, -0.2) is 0 Å². The largest absolute Gasteiger partial charge is 0.0725 e. The van der Waals surface area contributed by atoms with Gasteiger partial charge < -0.3 is 0 Å². The molecule has 0 nitrogen and oxygen atoms in total. The van der Waals surface area contributed by atoms with Gasteiger partial charge in [0.1, 0.15) is 0 Å². The van der Waals surface area contributed by atoms with Gasteiger partial charge in [0, 0.05) is 0 Å². The second-order valence-corrected chi connectivity index (χ2v) is 11.9. The highest BCUT2D eigenvalue weighted by molar-refractivity contribution is 6.32. The third-order valence-electron chi connectivity index (χ3n) is 9.92. The number of hydrogen-bond donors (Lipinski definition) is 0. The van der Waals surface area contributed by atoms with E-state index in [1.165, 1.54) is 88.0 Å². The predicted octanol–water partition coefficient (Wildman–Crippen LogP) is 10.8. The second kappa shape index (κ2) is 8.18. The van der Waals surface area contributed by atoms with Gasteiger partial charge >= 0.3 is 0 Å². The Hall–Kier alpha value is -4.68. The molecule has 0 heteroatoms. The average molecular weight is 523 g/mol. The Kier molecular flexibility index (Phi) is 4.60. The summed E-state index contributed by atoms with van der Waals surface area (Å²) in [5.74, 6) is 0. The van der Waals surface area contributed by atoms with Crippen LogP contribution in [0.5, 0.6) is 0 Å². The molecule has 0 N–H and O–H groups in total. The van der Waals surface area contributed by atoms with Crippen LogP contribution in [0.2, 0.25) is 0 Å². The van der Waals surface area contributed by atoms with Crippen molar-refractivity contribution in [2.24, 2.45) is 0 Å². The maximum absolute atomic E-state index is 2.41. The van der Waals surface area contributed by atoms with Crippen LogP contribution in [0.25, 0.3) is 54.6 Å². The van der Waals surface area contributed by atoms with Crippen molar-refractivity contribution in [3.05, 3.63) is 155 Å². The lowest BCUT2D eigenvalue weighted by molar-refractivity contribution is 0.797. The first-order valence-electron chi connectivity index (χ1n) is 14.9. The summed E-state index contributed by atoms with van der Waals surface area (Å²) in [5.41, 5.74) is 13.6. The summed E-state index contributed by atoms with van der Waals surface area (Å²) >= 11 is 0. The molecule has 1 spiro atoms. The van der Waals surface area contributed by atoms with Gasteiger partial charge in [-0.1, -0.05) is 135 Å². The minimum absolute atomic E-state index is 0.304. The third-order valence-corrected chi connectivity index (χ3v) is 9.92. The van der Waals surface area contributed by atoms with Crippen LogP contribution in [-0.2, 0) is 11.8 Å². The van der Waals surface area contributed by atoms with E-state index in [9.17, 15) is 0 Å². The van der Waals surface area contributed by atoms with Gasteiger partial charge in [0.15, 0.2) is 0 Å². The molecule has 9 rings (SSSR count). The molecule has 0 fully saturated rings. The molecular weight excluding hydrogens is 492 g/mol. The van der Waals surface area contributed by atoms with E-state index >= 15 is 0 Å². The molecule has 194 valence electrons. The fourth-order valence-electron chi connectivity index (χ4n) is 8.47. The summed E-state index contributed by atoms with van der Waals surface area (Å²) < 4.78 is 0. The quantitative estimate of drug-likeness (QED) is 0.202. The van der Waals surface area contributed by atoms with Crippen molar-refractivity contribution in [3.63, 3.8) is 0 Å². The lowest BCUT2D eigenvalue weighted by Gasteiger charge is -2.30. The normalized spacial score (nSPS) is 14.0. The molecule has 2 aliphatic rings. The van der Waals surface area contributed by atoms with E-state index < -0.39 is 0 Å². The fourth-order valence-corrected chi connectivity index (χ4v) is 8.47. The van der Waals surface area contributed by atoms with Crippen molar-refractivity contribution in [2.75, 3.05) is 0 Å². The standard InChI is InChI=1S/C41H30/c1-3-12-26-13-4-5-14-27(26)37-25(2)23-24-31-30-17-10-21-35-39(30)40-32(38(31)37)18-11-22-36(40)41(35)33-19-8-6-15-28(33)29-16-7-9-20-34(29)41/h4-11,13-24H,3,12H2,1-2H3. The van der Waals surface area contributed by atoms with Gasteiger partial charge in [-0.05, 0) is 101 Å². The van der Waals surface area contributed by atoms with E-state index in [-0.39, 0.29) is 5.41 Å². The molecule has 0 heterocycles. The van der Waals surface area contributed by atoms with Crippen LogP contribution in [0.15, 0.2) is 121 Å². The summed E-state index contributed by atoms with van der Waals surface area (Å²) in [4.78, 5) is 0. The van der Waals surface area contributed by atoms with E-state index in [1.807, 2.05) is 0 Å². The SMILES string of the molecule is CCCc1ccccc1-c1c(C)ccc2c3cccc4c3c3c(cccc3c12)C41c2ccccc2-c2ccccc21. The van der Waals surface area contributed by atoms with Crippen LogP contribution in [-0.4, -0.2) is 0 Å². The lowest BCUT2D eigenvalue weighted by Crippen LogP contribution is -2.25. The zero-order chi connectivity index (χ0) is 27.3. The Morgan fingerprint density at radius 3 is 1.68 bits per heavy atom. The molecule has 41 heavy (non-hydrogen) atoms. The topological polar surface area (TPSA) is 0 Å². The van der Waals surface area contributed by atoms with Crippen LogP contribution < -0.4 is 0 Å². The van der Waals surface area contributed by atoms with Gasteiger partial charge in [0.2, 0.25) is 0 Å². The summed E-state index contributed by atoms with van der Waals surface area (Å²) in [6.45, 7) is 4.57.